The van der Waals surface area contributed by atoms with Crippen LogP contribution in [0.25, 0.3) is 0 Å². The molecule has 0 radical (unpaired) electrons. The lowest BCUT2D eigenvalue weighted by molar-refractivity contribution is -0.112. The average molecular weight is 349 g/mol. The summed E-state index contributed by atoms with van der Waals surface area (Å²) in [6.45, 7) is 2.45. The first-order valence-electron chi connectivity index (χ1n) is 11.7. The van der Waals surface area contributed by atoms with Crippen LogP contribution in [0.5, 0.6) is 0 Å². The first kappa shape index (κ1) is 21.0. The van der Waals surface area contributed by atoms with Crippen molar-refractivity contribution >= 4 is 6.29 Å². The van der Waals surface area contributed by atoms with Gasteiger partial charge in [0.15, 0.2) is 0 Å². The van der Waals surface area contributed by atoms with Crippen LogP contribution in [-0.2, 0) is 4.79 Å². The SMILES string of the molecule is CC1CCCC(CCCCCCCCCCC2CCCC(C=O)C2)C1. The largest absolute Gasteiger partial charge is 0.303 e. The molecule has 0 saturated heterocycles. The van der Waals surface area contributed by atoms with Gasteiger partial charge in [-0.2, -0.15) is 0 Å². The summed E-state index contributed by atoms with van der Waals surface area (Å²) in [7, 11) is 0. The van der Waals surface area contributed by atoms with E-state index in [9.17, 15) is 4.79 Å². The Balaban J connectivity index is 1.33. The predicted molar refractivity (Wildman–Crippen MR) is 109 cm³/mol. The first-order valence-corrected chi connectivity index (χ1v) is 11.7. The van der Waals surface area contributed by atoms with Gasteiger partial charge in [-0.3, -0.25) is 0 Å². The van der Waals surface area contributed by atoms with Gasteiger partial charge in [-0.1, -0.05) is 103 Å². The van der Waals surface area contributed by atoms with E-state index in [4.69, 9.17) is 0 Å². The number of carbonyl (C=O) groups excluding carboxylic acids is 1. The van der Waals surface area contributed by atoms with Crippen molar-refractivity contribution in [2.24, 2.45) is 23.7 Å². The molecule has 4 unspecified atom stereocenters. The van der Waals surface area contributed by atoms with E-state index in [0.29, 0.717) is 5.92 Å². The minimum absolute atomic E-state index is 0.385. The molecule has 1 nitrogen and oxygen atoms in total. The summed E-state index contributed by atoms with van der Waals surface area (Å²) in [5.74, 6) is 3.29. The zero-order valence-corrected chi connectivity index (χ0v) is 17.0. The number of unbranched alkanes of at least 4 members (excludes halogenated alkanes) is 7. The van der Waals surface area contributed by atoms with Crippen molar-refractivity contribution in [2.75, 3.05) is 0 Å². The van der Waals surface area contributed by atoms with Gasteiger partial charge >= 0.3 is 0 Å². The highest BCUT2D eigenvalue weighted by molar-refractivity contribution is 5.53. The Morgan fingerprint density at radius 2 is 1.20 bits per heavy atom. The zero-order valence-electron chi connectivity index (χ0n) is 17.0. The molecule has 0 amide bonds. The molecular weight excluding hydrogens is 304 g/mol. The normalized spacial score (nSPS) is 30.3. The molecule has 0 aromatic heterocycles. The second kappa shape index (κ2) is 12.9. The Labute approximate surface area is 157 Å². The van der Waals surface area contributed by atoms with Gasteiger partial charge in [0.2, 0.25) is 0 Å². The van der Waals surface area contributed by atoms with Crippen molar-refractivity contribution in [2.45, 2.75) is 122 Å². The Morgan fingerprint density at radius 1 is 0.680 bits per heavy atom. The van der Waals surface area contributed by atoms with E-state index in [1.807, 2.05) is 0 Å². The molecule has 1 heteroatoms. The molecule has 4 atom stereocenters. The highest BCUT2D eigenvalue weighted by Crippen LogP contribution is 2.32. The molecule has 0 aromatic rings. The van der Waals surface area contributed by atoms with Crippen molar-refractivity contribution in [3.8, 4) is 0 Å². The summed E-state index contributed by atoms with van der Waals surface area (Å²) in [5.41, 5.74) is 0. The maximum absolute atomic E-state index is 10.9. The van der Waals surface area contributed by atoms with E-state index in [2.05, 4.69) is 6.92 Å². The van der Waals surface area contributed by atoms with Crippen molar-refractivity contribution in [1.82, 2.24) is 0 Å². The summed E-state index contributed by atoms with van der Waals surface area (Å²) in [6, 6.07) is 0. The maximum atomic E-state index is 10.9. The van der Waals surface area contributed by atoms with Crippen LogP contribution in [0.4, 0.5) is 0 Å². The number of hydrogen-bond acceptors (Lipinski definition) is 1. The van der Waals surface area contributed by atoms with Gasteiger partial charge in [-0.05, 0) is 37.0 Å². The average Bonchev–Trinajstić information content (AvgIpc) is 2.63. The second-order valence-corrected chi connectivity index (χ2v) is 9.47. The molecule has 25 heavy (non-hydrogen) atoms. The molecule has 2 aliphatic rings. The van der Waals surface area contributed by atoms with E-state index < -0.39 is 0 Å². The quantitative estimate of drug-likeness (QED) is 0.260. The molecule has 0 heterocycles. The summed E-state index contributed by atoms with van der Waals surface area (Å²) < 4.78 is 0. The molecular formula is C24H44O. The molecule has 2 saturated carbocycles. The third kappa shape index (κ3) is 9.25. The second-order valence-electron chi connectivity index (χ2n) is 9.47. The standard InChI is InChI=1S/C24H44O/c1-21-12-10-15-22(18-21)13-8-6-4-2-3-5-7-9-14-23-16-11-17-24(19-23)20-25/h20-24H,2-19H2,1H3. The maximum Gasteiger partial charge on any atom is 0.123 e. The third-order valence-electron chi connectivity index (χ3n) is 7.04. The molecule has 0 aromatic carbocycles. The summed E-state index contributed by atoms with van der Waals surface area (Å²) in [4.78, 5) is 10.9. The Hall–Kier alpha value is -0.330. The third-order valence-corrected chi connectivity index (χ3v) is 7.04. The van der Waals surface area contributed by atoms with Crippen LogP contribution in [0.2, 0.25) is 0 Å². The minimum Gasteiger partial charge on any atom is -0.303 e. The fourth-order valence-corrected chi connectivity index (χ4v) is 5.47. The van der Waals surface area contributed by atoms with Crippen molar-refractivity contribution in [3.05, 3.63) is 0 Å². The zero-order chi connectivity index (χ0) is 17.7. The summed E-state index contributed by atoms with van der Waals surface area (Å²) in [5, 5.41) is 0. The van der Waals surface area contributed by atoms with Crippen LogP contribution < -0.4 is 0 Å². The molecule has 2 rings (SSSR count). The number of aldehydes is 1. The highest BCUT2D eigenvalue weighted by Gasteiger charge is 2.21. The lowest BCUT2D eigenvalue weighted by Crippen LogP contribution is -2.16. The lowest BCUT2D eigenvalue weighted by atomic mass is 9.79. The predicted octanol–water partition coefficient (Wildman–Crippen LogP) is 7.72. The smallest absolute Gasteiger partial charge is 0.123 e. The fraction of sp³-hybridized carbons (Fsp3) is 0.958. The van der Waals surface area contributed by atoms with Crippen molar-refractivity contribution in [1.29, 1.82) is 0 Å². The molecule has 0 bridgehead atoms. The minimum atomic E-state index is 0.385. The van der Waals surface area contributed by atoms with E-state index in [1.54, 1.807) is 0 Å². The summed E-state index contributed by atoms with van der Waals surface area (Å²) in [6.07, 6.45) is 26.7. The van der Waals surface area contributed by atoms with E-state index in [-0.39, 0.29) is 0 Å². The number of rotatable bonds is 12. The monoisotopic (exact) mass is 348 g/mol. The molecule has 2 fully saturated rings. The van der Waals surface area contributed by atoms with Crippen LogP contribution in [0.15, 0.2) is 0 Å². The van der Waals surface area contributed by atoms with Crippen LogP contribution in [0, 0.1) is 23.7 Å². The van der Waals surface area contributed by atoms with Gasteiger partial charge in [0, 0.05) is 5.92 Å². The van der Waals surface area contributed by atoms with Gasteiger partial charge in [-0.25, -0.2) is 0 Å². The van der Waals surface area contributed by atoms with E-state index in [0.717, 1.165) is 24.2 Å². The summed E-state index contributed by atoms with van der Waals surface area (Å²) >= 11 is 0. The number of carbonyl (C=O) groups is 1. The number of hydrogen-bond donors (Lipinski definition) is 0. The Kier molecular flexibility index (Phi) is 10.9. The van der Waals surface area contributed by atoms with Gasteiger partial charge in [-0.15, -0.1) is 0 Å². The van der Waals surface area contributed by atoms with Gasteiger partial charge in [0.05, 0.1) is 0 Å². The van der Waals surface area contributed by atoms with E-state index >= 15 is 0 Å². The van der Waals surface area contributed by atoms with Gasteiger partial charge in [0.25, 0.3) is 0 Å². The van der Waals surface area contributed by atoms with Gasteiger partial charge < -0.3 is 4.79 Å². The molecule has 2 aliphatic carbocycles. The lowest BCUT2D eigenvalue weighted by Gasteiger charge is -2.26. The van der Waals surface area contributed by atoms with Gasteiger partial charge in [0.1, 0.15) is 6.29 Å². The highest BCUT2D eigenvalue weighted by atomic mass is 16.1. The van der Waals surface area contributed by atoms with Crippen LogP contribution in [0.3, 0.4) is 0 Å². The Bertz CT molecular complexity index is 337. The van der Waals surface area contributed by atoms with Crippen LogP contribution in [0.1, 0.15) is 122 Å². The van der Waals surface area contributed by atoms with Crippen molar-refractivity contribution in [3.63, 3.8) is 0 Å². The topological polar surface area (TPSA) is 17.1 Å². The van der Waals surface area contributed by atoms with E-state index in [1.165, 1.54) is 115 Å². The van der Waals surface area contributed by atoms with Crippen LogP contribution >= 0.6 is 0 Å². The molecule has 0 aliphatic heterocycles. The van der Waals surface area contributed by atoms with Crippen LogP contribution in [-0.4, -0.2) is 6.29 Å². The fourth-order valence-electron chi connectivity index (χ4n) is 5.47. The van der Waals surface area contributed by atoms with Crippen molar-refractivity contribution < 1.29 is 4.79 Å². The first-order chi connectivity index (χ1) is 12.3. The molecule has 146 valence electrons. The Morgan fingerprint density at radius 3 is 1.76 bits per heavy atom. The molecule has 0 spiro atoms. The molecule has 0 N–H and O–H groups in total.